The first kappa shape index (κ1) is 19.1. The second-order valence-electron chi connectivity index (χ2n) is 6.12. The molecule has 0 saturated carbocycles. The molecule has 0 saturated heterocycles. The molecule has 0 aliphatic carbocycles. The minimum absolute atomic E-state index is 0.00765. The van der Waals surface area contributed by atoms with Gasteiger partial charge in [0.05, 0.1) is 12.7 Å². The first-order valence-electron chi connectivity index (χ1n) is 8.09. The molecule has 5 nitrogen and oxygen atoms in total. The zero-order chi connectivity index (χ0) is 19.3. The van der Waals surface area contributed by atoms with Crippen LogP contribution in [0.5, 0.6) is 23.0 Å². The van der Waals surface area contributed by atoms with Gasteiger partial charge in [-0.2, -0.15) is 0 Å². The van der Waals surface area contributed by atoms with Gasteiger partial charge >= 0.3 is 0 Å². The standard InChI is InChI=1S/C21H22O5/c1-13(2)4-6-15-10-14(11-20(25)21(15)26-3)5-9-18(23)17-8-7-16(22)12-19(17)24/h4-5,7-12,22,24-25H,6H2,1-3H3. The van der Waals surface area contributed by atoms with Gasteiger partial charge in [0.1, 0.15) is 11.5 Å². The lowest BCUT2D eigenvalue weighted by atomic mass is 10.0. The smallest absolute Gasteiger partial charge is 0.189 e. The number of methoxy groups -OCH3 is 1. The number of allylic oxidation sites excluding steroid dienone is 3. The fourth-order valence-electron chi connectivity index (χ4n) is 2.48. The number of rotatable bonds is 6. The molecule has 2 aromatic rings. The van der Waals surface area contributed by atoms with E-state index in [0.29, 0.717) is 17.7 Å². The third-order valence-electron chi connectivity index (χ3n) is 3.78. The van der Waals surface area contributed by atoms with Crippen LogP contribution in [-0.2, 0) is 6.42 Å². The highest BCUT2D eigenvalue weighted by Crippen LogP contribution is 2.33. The third kappa shape index (κ3) is 4.66. The van der Waals surface area contributed by atoms with Crippen molar-refractivity contribution in [1.29, 1.82) is 0 Å². The first-order valence-corrected chi connectivity index (χ1v) is 8.09. The molecular formula is C21H22O5. The number of phenols is 3. The van der Waals surface area contributed by atoms with E-state index in [4.69, 9.17) is 4.74 Å². The van der Waals surface area contributed by atoms with E-state index in [1.165, 1.54) is 31.4 Å². The Morgan fingerprint density at radius 1 is 1.08 bits per heavy atom. The van der Waals surface area contributed by atoms with Gasteiger partial charge in [0.2, 0.25) is 0 Å². The molecule has 0 aliphatic heterocycles. The fourth-order valence-corrected chi connectivity index (χ4v) is 2.48. The molecular weight excluding hydrogens is 332 g/mol. The van der Waals surface area contributed by atoms with E-state index in [-0.39, 0.29) is 22.8 Å². The van der Waals surface area contributed by atoms with Crippen LogP contribution in [0.3, 0.4) is 0 Å². The van der Waals surface area contributed by atoms with Crippen LogP contribution in [0.1, 0.15) is 35.3 Å². The number of benzene rings is 2. The summed E-state index contributed by atoms with van der Waals surface area (Å²) in [6.45, 7) is 3.97. The molecule has 136 valence electrons. The van der Waals surface area contributed by atoms with E-state index in [9.17, 15) is 20.1 Å². The molecule has 0 radical (unpaired) electrons. The number of ether oxygens (including phenoxy) is 1. The van der Waals surface area contributed by atoms with Crippen molar-refractivity contribution in [2.75, 3.05) is 7.11 Å². The number of ketones is 1. The van der Waals surface area contributed by atoms with Crippen LogP contribution in [0.2, 0.25) is 0 Å². The van der Waals surface area contributed by atoms with Crippen LogP contribution >= 0.6 is 0 Å². The predicted octanol–water partition coefficient (Wildman–Crippen LogP) is 4.22. The van der Waals surface area contributed by atoms with Crippen LogP contribution < -0.4 is 4.74 Å². The lowest BCUT2D eigenvalue weighted by Gasteiger charge is -2.10. The molecule has 0 aliphatic rings. The molecule has 0 spiro atoms. The van der Waals surface area contributed by atoms with E-state index in [2.05, 4.69) is 0 Å². The third-order valence-corrected chi connectivity index (χ3v) is 3.78. The largest absolute Gasteiger partial charge is 0.508 e. The van der Waals surface area contributed by atoms with Crippen molar-refractivity contribution in [3.8, 4) is 23.0 Å². The summed E-state index contributed by atoms with van der Waals surface area (Å²) in [7, 11) is 1.49. The topological polar surface area (TPSA) is 87.0 Å². The van der Waals surface area contributed by atoms with Gasteiger partial charge in [0.25, 0.3) is 0 Å². The van der Waals surface area contributed by atoms with Crippen molar-refractivity contribution in [3.63, 3.8) is 0 Å². The van der Waals surface area contributed by atoms with Gasteiger partial charge in [0.15, 0.2) is 17.3 Å². The fraction of sp³-hybridized carbons (Fsp3) is 0.190. The van der Waals surface area contributed by atoms with Crippen LogP contribution in [0.4, 0.5) is 0 Å². The van der Waals surface area contributed by atoms with Crippen molar-refractivity contribution in [3.05, 3.63) is 64.7 Å². The number of phenolic OH excluding ortho intramolecular Hbond substituents is 3. The predicted molar refractivity (Wildman–Crippen MR) is 101 cm³/mol. The summed E-state index contributed by atoms with van der Waals surface area (Å²) >= 11 is 0. The quantitative estimate of drug-likeness (QED) is 0.411. The minimum Gasteiger partial charge on any atom is -0.508 e. The molecule has 0 unspecified atom stereocenters. The Morgan fingerprint density at radius 3 is 2.42 bits per heavy atom. The van der Waals surface area contributed by atoms with Gasteiger partial charge < -0.3 is 20.1 Å². The van der Waals surface area contributed by atoms with E-state index in [1.807, 2.05) is 26.0 Å². The summed E-state index contributed by atoms with van der Waals surface area (Å²) in [6, 6.07) is 7.13. The lowest BCUT2D eigenvalue weighted by molar-refractivity contribution is 0.104. The van der Waals surface area contributed by atoms with Crippen molar-refractivity contribution in [2.45, 2.75) is 20.3 Å². The number of carbonyl (C=O) groups is 1. The van der Waals surface area contributed by atoms with Crippen LogP contribution in [0.15, 0.2) is 48.1 Å². The summed E-state index contributed by atoms with van der Waals surface area (Å²) < 4.78 is 5.26. The highest BCUT2D eigenvalue weighted by atomic mass is 16.5. The van der Waals surface area contributed by atoms with E-state index in [1.54, 1.807) is 6.08 Å². The Hall–Kier alpha value is -3.21. The van der Waals surface area contributed by atoms with Crippen LogP contribution in [-0.4, -0.2) is 28.2 Å². The molecule has 0 fully saturated rings. The van der Waals surface area contributed by atoms with E-state index in [0.717, 1.165) is 17.2 Å². The molecule has 26 heavy (non-hydrogen) atoms. The van der Waals surface area contributed by atoms with Gasteiger partial charge in [0, 0.05) is 11.6 Å². The molecule has 3 N–H and O–H groups in total. The van der Waals surface area contributed by atoms with Crippen molar-refractivity contribution < 1.29 is 24.9 Å². The lowest BCUT2D eigenvalue weighted by Crippen LogP contribution is -1.95. The van der Waals surface area contributed by atoms with Crippen molar-refractivity contribution in [1.82, 2.24) is 0 Å². The van der Waals surface area contributed by atoms with Gasteiger partial charge in [-0.05, 0) is 56.2 Å². The van der Waals surface area contributed by atoms with E-state index >= 15 is 0 Å². The van der Waals surface area contributed by atoms with E-state index < -0.39 is 5.78 Å². The Kier molecular flexibility index (Phi) is 6.07. The molecule has 2 aromatic carbocycles. The zero-order valence-corrected chi connectivity index (χ0v) is 15.0. The molecule has 2 rings (SSSR count). The second-order valence-corrected chi connectivity index (χ2v) is 6.12. The van der Waals surface area contributed by atoms with Crippen molar-refractivity contribution in [2.24, 2.45) is 0 Å². The molecule has 0 heterocycles. The molecule has 0 aromatic heterocycles. The van der Waals surface area contributed by atoms with Crippen LogP contribution in [0, 0.1) is 0 Å². The molecule has 0 atom stereocenters. The maximum absolute atomic E-state index is 12.2. The summed E-state index contributed by atoms with van der Waals surface area (Å²) in [5, 5.41) is 29.2. The number of carbonyl (C=O) groups excluding carboxylic acids is 1. The van der Waals surface area contributed by atoms with Gasteiger partial charge in [-0.3, -0.25) is 4.79 Å². The highest BCUT2D eigenvalue weighted by Gasteiger charge is 2.11. The van der Waals surface area contributed by atoms with Crippen molar-refractivity contribution >= 4 is 11.9 Å². The molecule has 0 bridgehead atoms. The van der Waals surface area contributed by atoms with Gasteiger partial charge in [-0.1, -0.05) is 17.7 Å². The maximum atomic E-state index is 12.2. The summed E-state index contributed by atoms with van der Waals surface area (Å²) in [6.07, 6.45) is 5.47. The Balaban J connectivity index is 2.32. The average Bonchev–Trinajstić information content (AvgIpc) is 2.57. The van der Waals surface area contributed by atoms with Gasteiger partial charge in [-0.15, -0.1) is 0 Å². The normalized spacial score (nSPS) is 10.7. The Bertz CT molecular complexity index is 874. The maximum Gasteiger partial charge on any atom is 0.189 e. The average molecular weight is 354 g/mol. The Labute approximate surface area is 152 Å². The monoisotopic (exact) mass is 354 g/mol. The molecule has 0 amide bonds. The second kappa shape index (κ2) is 8.25. The van der Waals surface area contributed by atoms with Crippen LogP contribution in [0.25, 0.3) is 6.08 Å². The number of hydrogen-bond donors (Lipinski definition) is 3. The van der Waals surface area contributed by atoms with Gasteiger partial charge in [-0.25, -0.2) is 0 Å². The Morgan fingerprint density at radius 2 is 1.81 bits per heavy atom. The first-order chi connectivity index (χ1) is 12.3. The SMILES string of the molecule is COc1c(O)cc(C=CC(=O)c2ccc(O)cc2O)cc1CC=C(C)C. The molecule has 5 heteroatoms. The summed E-state index contributed by atoms with van der Waals surface area (Å²) in [5.74, 6) is -0.425. The summed E-state index contributed by atoms with van der Waals surface area (Å²) in [4.78, 5) is 12.2. The minimum atomic E-state index is -0.413. The number of hydrogen-bond acceptors (Lipinski definition) is 5. The zero-order valence-electron chi connectivity index (χ0n) is 15.0. The summed E-state index contributed by atoms with van der Waals surface area (Å²) in [5.41, 5.74) is 2.66. The highest BCUT2D eigenvalue weighted by molar-refractivity contribution is 6.08. The number of aromatic hydroxyl groups is 3.